The van der Waals surface area contributed by atoms with Crippen molar-refractivity contribution >= 4 is 5.65 Å². The van der Waals surface area contributed by atoms with Gasteiger partial charge in [0.15, 0.2) is 0 Å². The maximum absolute atomic E-state index is 9.85. The lowest BCUT2D eigenvalue weighted by Gasteiger charge is -2.41. The Hall–Kier alpha value is -1.39. The second-order valence-electron chi connectivity index (χ2n) is 6.92. The number of hydrogen-bond donors (Lipinski definition) is 1. The van der Waals surface area contributed by atoms with E-state index in [1.54, 1.807) is 0 Å². The molecular formula is C18H27N3O. The number of pyridine rings is 1. The van der Waals surface area contributed by atoms with E-state index in [1.165, 1.54) is 12.0 Å². The van der Waals surface area contributed by atoms with Gasteiger partial charge in [0.2, 0.25) is 0 Å². The Balaban J connectivity index is 1.73. The van der Waals surface area contributed by atoms with E-state index in [9.17, 15) is 5.11 Å². The highest BCUT2D eigenvalue weighted by atomic mass is 16.3. The van der Waals surface area contributed by atoms with E-state index in [-0.39, 0.29) is 5.41 Å². The van der Waals surface area contributed by atoms with Gasteiger partial charge in [-0.1, -0.05) is 13.3 Å². The summed E-state index contributed by atoms with van der Waals surface area (Å²) in [5, 5.41) is 9.85. The maximum Gasteiger partial charge on any atom is 0.137 e. The van der Waals surface area contributed by atoms with Crippen LogP contribution in [0.15, 0.2) is 24.5 Å². The largest absolute Gasteiger partial charge is 0.396 e. The highest BCUT2D eigenvalue weighted by Crippen LogP contribution is 2.34. The normalized spacial score (nSPS) is 23.2. The molecule has 0 spiro atoms. The van der Waals surface area contributed by atoms with Crippen molar-refractivity contribution < 1.29 is 5.11 Å². The molecule has 0 aromatic carbocycles. The van der Waals surface area contributed by atoms with Crippen LogP contribution >= 0.6 is 0 Å². The van der Waals surface area contributed by atoms with Crippen LogP contribution in [0.3, 0.4) is 0 Å². The monoisotopic (exact) mass is 301 g/mol. The first-order valence-corrected chi connectivity index (χ1v) is 8.42. The van der Waals surface area contributed by atoms with Gasteiger partial charge in [0.25, 0.3) is 0 Å². The Bertz CT molecular complexity index is 632. The van der Waals surface area contributed by atoms with Gasteiger partial charge >= 0.3 is 0 Å². The molecule has 1 saturated heterocycles. The molecule has 0 saturated carbocycles. The molecule has 0 amide bonds. The van der Waals surface area contributed by atoms with Gasteiger partial charge in [0.1, 0.15) is 5.65 Å². The summed E-state index contributed by atoms with van der Waals surface area (Å²) in [5.41, 5.74) is 3.48. The van der Waals surface area contributed by atoms with Gasteiger partial charge in [-0.3, -0.25) is 4.90 Å². The van der Waals surface area contributed by atoms with Crippen LogP contribution in [0, 0.1) is 12.3 Å². The first-order chi connectivity index (χ1) is 10.6. The molecule has 1 atom stereocenters. The number of fused-ring (bicyclic) bond motifs is 1. The number of likely N-dealkylation sites (tertiary alicyclic amines) is 1. The van der Waals surface area contributed by atoms with Crippen molar-refractivity contribution in [2.75, 3.05) is 19.7 Å². The van der Waals surface area contributed by atoms with Crippen LogP contribution in [-0.2, 0) is 6.54 Å². The minimum Gasteiger partial charge on any atom is -0.396 e. The Morgan fingerprint density at radius 3 is 3.05 bits per heavy atom. The van der Waals surface area contributed by atoms with E-state index in [0.29, 0.717) is 6.61 Å². The third kappa shape index (κ3) is 3.18. The summed E-state index contributed by atoms with van der Waals surface area (Å²) >= 11 is 0. The molecule has 22 heavy (non-hydrogen) atoms. The quantitative estimate of drug-likeness (QED) is 0.923. The molecule has 0 aliphatic carbocycles. The highest BCUT2D eigenvalue weighted by molar-refractivity contribution is 5.42. The van der Waals surface area contributed by atoms with Gasteiger partial charge in [0.05, 0.1) is 5.69 Å². The average Bonchev–Trinajstić information content (AvgIpc) is 2.89. The lowest BCUT2D eigenvalue weighted by Crippen LogP contribution is -2.44. The summed E-state index contributed by atoms with van der Waals surface area (Å²) in [6, 6.07) is 4.23. The first kappa shape index (κ1) is 15.5. The fourth-order valence-electron chi connectivity index (χ4n) is 3.83. The third-order valence-corrected chi connectivity index (χ3v) is 4.91. The highest BCUT2D eigenvalue weighted by Gasteiger charge is 2.34. The van der Waals surface area contributed by atoms with Crippen LogP contribution in [0.5, 0.6) is 0 Å². The summed E-state index contributed by atoms with van der Waals surface area (Å²) in [5.74, 6) is 0. The molecule has 3 heterocycles. The molecule has 3 rings (SSSR count). The van der Waals surface area contributed by atoms with Crippen LogP contribution in [-0.4, -0.2) is 39.1 Å². The topological polar surface area (TPSA) is 40.8 Å². The Labute approximate surface area is 132 Å². The molecule has 1 N–H and O–H groups in total. The third-order valence-electron chi connectivity index (χ3n) is 4.91. The predicted octanol–water partition coefficient (Wildman–Crippen LogP) is 3.02. The number of hydrogen-bond acceptors (Lipinski definition) is 3. The van der Waals surface area contributed by atoms with Gasteiger partial charge < -0.3 is 9.51 Å². The van der Waals surface area contributed by atoms with Gasteiger partial charge in [-0.25, -0.2) is 4.98 Å². The minimum atomic E-state index is 0.0999. The number of aliphatic hydroxyl groups is 1. The SMILES string of the molecule is CCC[C@@]1(CO)CCCN(Cc2cn3ccc(C)cc3n2)C1. The van der Waals surface area contributed by atoms with Crippen LogP contribution in [0.2, 0.25) is 0 Å². The lowest BCUT2D eigenvalue weighted by molar-refractivity contribution is 0.0212. The van der Waals surface area contributed by atoms with E-state index in [4.69, 9.17) is 4.98 Å². The Morgan fingerprint density at radius 2 is 2.27 bits per heavy atom. The zero-order valence-corrected chi connectivity index (χ0v) is 13.8. The fraction of sp³-hybridized carbons (Fsp3) is 0.611. The lowest BCUT2D eigenvalue weighted by atomic mass is 9.77. The number of piperidine rings is 1. The molecule has 0 unspecified atom stereocenters. The average molecular weight is 301 g/mol. The Morgan fingerprint density at radius 1 is 1.41 bits per heavy atom. The summed E-state index contributed by atoms with van der Waals surface area (Å²) in [6.45, 7) is 7.59. The first-order valence-electron chi connectivity index (χ1n) is 8.42. The van der Waals surface area contributed by atoms with Crippen LogP contribution in [0.25, 0.3) is 5.65 Å². The summed E-state index contributed by atoms with van der Waals surface area (Å²) < 4.78 is 2.09. The van der Waals surface area contributed by atoms with Crippen molar-refractivity contribution in [1.29, 1.82) is 0 Å². The van der Waals surface area contributed by atoms with Gasteiger partial charge in [-0.05, 0) is 50.4 Å². The molecule has 0 bridgehead atoms. The molecule has 1 aliphatic rings. The van der Waals surface area contributed by atoms with E-state index >= 15 is 0 Å². The summed E-state index contributed by atoms with van der Waals surface area (Å²) in [7, 11) is 0. The summed E-state index contributed by atoms with van der Waals surface area (Å²) in [6.07, 6.45) is 8.79. The molecule has 4 heteroatoms. The van der Waals surface area contributed by atoms with Crippen LogP contribution in [0.1, 0.15) is 43.9 Å². The summed E-state index contributed by atoms with van der Waals surface area (Å²) in [4.78, 5) is 7.21. The van der Waals surface area contributed by atoms with Crippen molar-refractivity contribution in [1.82, 2.24) is 14.3 Å². The zero-order chi connectivity index (χ0) is 15.6. The van der Waals surface area contributed by atoms with Gasteiger partial charge in [-0.15, -0.1) is 0 Å². The van der Waals surface area contributed by atoms with Gasteiger partial charge in [-0.2, -0.15) is 0 Å². The maximum atomic E-state index is 9.85. The van der Waals surface area contributed by atoms with Gasteiger partial charge in [0, 0.05) is 37.5 Å². The number of aliphatic hydroxyl groups excluding tert-OH is 1. The van der Waals surface area contributed by atoms with Crippen LogP contribution < -0.4 is 0 Å². The predicted molar refractivity (Wildman–Crippen MR) is 88.9 cm³/mol. The van der Waals surface area contributed by atoms with Crippen molar-refractivity contribution in [3.05, 3.63) is 35.8 Å². The molecule has 1 fully saturated rings. The number of imidazole rings is 1. The number of aryl methyl sites for hydroxylation is 1. The standard InChI is InChI=1S/C18H27N3O/c1-3-6-18(14-22)7-4-8-20(13-18)11-16-12-21-9-5-15(2)10-17(21)19-16/h5,9-10,12,22H,3-4,6-8,11,13-14H2,1-2H3/t18-/m1/s1. The van der Waals surface area contributed by atoms with Crippen molar-refractivity contribution in [3.63, 3.8) is 0 Å². The second-order valence-corrected chi connectivity index (χ2v) is 6.92. The molecule has 4 nitrogen and oxygen atoms in total. The number of aromatic nitrogens is 2. The van der Waals surface area contributed by atoms with Crippen molar-refractivity contribution in [2.24, 2.45) is 5.41 Å². The fourth-order valence-corrected chi connectivity index (χ4v) is 3.83. The number of rotatable bonds is 5. The minimum absolute atomic E-state index is 0.0999. The van der Waals surface area contributed by atoms with E-state index in [1.807, 2.05) is 0 Å². The van der Waals surface area contributed by atoms with Crippen LogP contribution in [0.4, 0.5) is 0 Å². The molecule has 1 aliphatic heterocycles. The molecule has 0 radical (unpaired) electrons. The molecular weight excluding hydrogens is 274 g/mol. The van der Waals surface area contributed by atoms with E-state index in [2.05, 4.69) is 47.7 Å². The molecule has 2 aromatic heterocycles. The van der Waals surface area contributed by atoms with E-state index < -0.39 is 0 Å². The molecule has 120 valence electrons. The zero-order valence-electron chi connectivity index (χ0n) is 13.8. The van der Waals surface area contributed by atoms with E-state index in [0.717, 1.165) is 50.2 Å². The second kappa shape index (κ2) is 6.39. The van der Waals surface area contributed by atoms with Crippen molar-refractivity contribution in [3.8, 4) is 0 Å². The smallest absolute Gasteiger partial charge is 0.137 e. The number of nitrogens with zero attached hydrogens (tertiary/aromatic N) is 3. The van der Waals surface area contributed by atoms with Crippen molar-refractivity contribution in [2.45, 2.75) is 46.1 Å². The molecule has 2 aromatic rings. The Kier molecular flexibility index (Phi) is 4.50.